The van der Waals surface area contributed by atoms with Crippen LogP contribution in [0, 0.1) is 11.7 Å². The third-order valence-electron chi connectivity index (χ3n) is 6.27. The Bertz CT molecular complexity index is 818. The van der Waals surface area contributed by atoms with Crippen molar-refractivity contribution in [3.63, 3.8) is 0 Å². The van der Waals surface area contributed by atoms with Crippen molar-refractivity contribution < 1.29 is 14.3 Å². The van der Waals surface area contributed by atoms with Gasteiger partial charge in [0.1, 0.15) is 5.82 Å². The van der Waals surface area contributed by atoms with E-state index in [2.05, 4.69) is 17.4 Å². The van der Waals surface area contributed by atoms with Gasteiger partial charge in [0.15, 0.2) is 0 Å². The molecule has 0 aromatic heterocycles. The normalized spacial score (nSPS) is 24.3. The van der Waals surface area contributed by atoms with E-state index in [1.165, 1.54) is 12.1 Å². The Morgan fingerprint density at radius 3 is 2.21 bits per heavy atom. The van der Waals surface area contributed by atoms with E-state index >= 15 is 0 Å². The number of amides is 1. The minimum atomic E-state index is -0.241. The lowest BCUT2D eigenvalue weighted by Gasteiger charge is -2.47. The molecule has 2 aromatic carbocycles. The predicted octanol–water partition coefficient (Wildman–Crippen LogP) is 3.17. The highest BCUT2D eigenvalue weighted by Gasteiger charge is 2.42. The number of likely N-dealkylation sites (N-methyl/N-ethyl adjacent to an activating group) is 1. The highest BCUT2D eigenvalue weighted by Crippen LogP contribution is 2.35. The molecule has 4 nitrogen and oxygen atoms in total. The fourth-order valence-electron chi connectivity index (χ4n) is 4.33. The molecular weight excluding hydrogens is 355 g/mol. The molecule has 1 heterocycles. The fourth-order valence-corrected chi connectivity index (χ4v) is 4.33. The van der Waals surface area contributed by atoms with Gasteiger partial charge in [-0.25, -0.2) is 4.39 Å². The van der Waals surface area contributed by atoms with Crippen LogP contribution in [0.3, 0.4) is 0 Å². The number of hydrogen-bond donors (Lipinski definition) is 2. The maximum Gasteiger partial charge on any atom is 0.225 e. The van der Waals surface area contributed by atoms with Crippen LogP contribution in [0.5, 0.6) is 0 Å². The SMILES string of the molecule is CN(C[C@H]1N[C@@H](CO)[C@H]1c1ccc(-c2ccc(F)cc2)cc1)C(=O)C1CCC1. The van der Waals surface area contributed by atoms with Gasteiger partial charge in [0.2, 0.25) is 5.91 Å². The van der Waals surface area contributed by atoms with Crippen LogP contribution in [0.1, 0.15) is 30.7 Å². The Balaban J connectivity index is 1.45. The Labute approximate surface area is 165 Å². The van der Waals surface area contributed by atoms with Crippen LogP contribution in [0.4, 0.5) is 4.39 Å². The second kappa shape index (κ2) is 8.02. The van der Waals surface area contributed by atoms with Gasteiger partial charge in [-0.2, -0.15) is 0 Å². The molecule has 5 heteroatoms. The summed E-state index contributed by atoms with van der Waals surface area (Å²) in [6.07, 6.45) is 3.17. The lowest BCUT2D eigenvalue weighted by atomic mass is 9.77. The van der Waals surface area contributed by atoms with Crippen molar-refractivity contribution in [2.75, 3.05) is 20.2 Å². The summed E-state index contributed by atoms with van der Waals surface area (Å²) in [7, 11) is 1.88. The van der Waals surface area contributed by atoms with Gasteiger partial charge in [-0.15, -0.1) is 0 Å². The van der Waals surface area contributed by atoms with Crippen LogP contribution in [0.15, 0.2) is 48.5 Å². The zero-order chi connectivity index (χ0) is 19.7. The molecule has 2 fully saturated rings. The molecule has 0 bridgehead atoms. The molecule has 1 aliphatic carbocycles. The Hall–Kier alpha value is -2.24. The van der Waals surface area contributed by atoms with Gasteiger partial charge in [0.05, 0.1) is 6.61 Å². The molecule has 3 atom stereocenters. The van der Waals surface area contributed by atoms with E-state index in [1.54, 1.807) is 12.1 Å². The van der Waals surface area contributed by atoms with E-state index in [0.717, 1.165) is 36.0 Å². The minimum Gasteiger partial charge on any atom is -0.395 e. The number of aliphatic hydroxyl groups is 1. The zero-order valence-corrected chi connectivity index (χ0v) is 16.1. The minimum absolute atomic E-state index is 0.00822. The van der Waals surface area contributed by atoms with Gasteiger partial charge in [0, 0.05) is 37.5 Å². The number of aliphatic hydroxyl groups excluding tert-OH is 1. The smallest absolute Gasteiger partial charge is 0.225 e. The number of rotatable bonds is 6. The first-order valence-corrected chi connectivity index (χ1v) is 10.0. The Kier molecular flexibility index (Phi) is 5.47. The molecule has 0 spiro atoms. The average molecular weight is 382 g/mol. The molecule has 1 saturated heterocycles. The third-order valence-corrected chi connectivity index (χ3v) is 6.27. The second-order valence-electron chi connectivity index (χ2n) is 8.06. The molecule has 0 unspecified atom stereocenters. The quantitative estimate of drug-likeness (QED) is 0.807. The molecule has 2 aliphatic rings. The predicted molar refractivity (Wildman–Crippen MR) is 107 cm³/mol. The molecular formula is C23H27FN2O2. The summed E-state index contributed by atoms with van der Waals surface area (Å²) in [6, 6.07) is 14.9. The van der Waals surface area contributed by atoms with Gasteiger partial charge in [-0.05, 0) is 41.7 Å². The molecule has 1 amide bonds. The van der Waals surface area contributed by atoms with Crippen molar-refractivity contribution in [3.8, 4) is 11.1 Å². The molecule has 1 saturated carbocycles. The summed E-state index contributed by atoms with van der Waals surface area (Å²) in [4.78, 5) is 14.3. The van der Waals surface area contributed by atoms with Crippen LogP contribution >= 0.6 is 0 Å². The highest BCUT2D eigenvalue weighted by atomic mass is 19.1. The van der Waals surface area contributed by atoms with Crippen LogP contribution in [0.2, 0.25) is 0 Å². The molecule has 0 radical (unpaired) electrons. The number of carbonyl (C=O) groups excluding carboxylic acids is 1. The van der Waals surface area contributed by atoms with Crippen molar-refractivity contribution in [2.45, 2.75) is 37.3 Å². The first-order valence-electron chi connectivity index (χ1n) is 10.0. The largest absolute Gasteiger partial charge is 0.395 e. The average Bonchev–Trinajstić information content (AvgIpc) is 2.64. The van der Waals surface area contributed by atoms with Gasteiger partial charge in [-0.3, -0.25) is 4.79 Å². The molecule has 2 aromatic rings. The van der Waals surface area contributed by atoms with E-state index in [9.17, 15) is 14.3 Å². The van der Waals surface area contributed by atoms with E-state index in [0.29, 0.717) is 6.54 Å². The van der Waals surface area contributed by atoms with Crippen molar-refractivity contribution in [1.82, 2.24) is 10.2 Å². The van der Waals surface area contributed by atoms with Crippen molar-refractivity contribution in [3.05, 3.63) is 59.9 Å². The van der Waals surface area contributed by atoms with Gasteiger partial charge < -0.3 is 15.3 Å². The molecule has 28 heavy (non-hydrogen) atoms. The molecule has 2 N–H and O–H groups in total. The number of hydrogen-bond acceptors (Lipinski definition) is 3. The summed E-state index contributed by atoms with van der Waals surface area (Å²) in [5, 5.41) is 13.1. The maximum atomic E-state index is 13.1. The monoisotopic (exact) mass is 382 g/mol. The first kappa shape index (κ1) is 19.1. The molecule has 148 valence electrons. The van der Waals surface area contributed by atoms with E-state index in [1.807, 2.05) is 24.1 Å². The lowest BCUT2D eigenvalue weighted by molar-refractivity contribution is -0.137. The summed E-state index contributed by atoms with van der Waals surface area (Å²) in [5.74, 6) is 0.372. The Morgan fingerprint density at radius 2 is 1.68 bits per heavy atom. The van der Waals surface area contributed by atoms with Crippen LogP contribution in [0.25, 0.3) is 11.1 Å². The standard InChI is InChI=1S/C23H27FN2O2/c1-26(23(28)18-3-2-4-18)13-20-22(21(14-27)25-20)17-7-5-15(6-8-17)16-9-11-19(24)12-10-16/h5-12,18,20-22,25,27H,2-4,13-14H2,1H3/t20-,21+,22+/m1/s1. The summed E-state index contributed by atoms with van der Waals surface area (Å²) >= 11 is 0. The summed E-state index contributed by atoms with van der Waals surface area (Å²) in [5.41, 5.74) is 3.16. The molecule has 1 aliphatic heterocycles. The van der Waals surface area contributed by atoms with Gasteiger partial charge >= 0.3 is 0 Å². The third kappa shape index (κ3) is 3.69. The van der Waals surface area contributed by atoms with E-state index in [-0.39, 0.29) is 42.3 Å². The van der Waals surface area contributed by atoms with Crippen molar-refractivity contribution in [2.24, 2.45) is 5.92 Å². The van der Waals surface area contributed by atoms with Crippen molar-refractivity contribution >= 4 is 5.91 Å². The van der Waals surface area contributed by atoms with Crippen LogP contribution in [-0.2, 0) is 4.79 Å². The fraction of sp³-hybridized carbons (Fsp3) is 0.435. The number of halogens is 1. The lowest BCUT2D eigenvalue weighted by Crippen LogP contribution is -2.65. The van der Waals surface area contributed by atoms with Crippen LogP contribution < -0.4 is 5.32 Å². The second-order valence-corrected chi connectivity index (χ2v) is 8.06. The van der Waals surface area contributed by atoms with Crippen molar-refractivity contribution in [1.29, 1.82) is 0 Å². The van der Waals surface area contributed by atoms with Crippen LogP contribution in [-0.4, -0.2) is 48.2 Å². The van der Waals surface area contributed by atoms with E-state index in [4.69, 9.17) is 0 Å². The zero-order valence-electron chi connectivity index (χ0n) is 16.1. The number of benzene rings is 2. The van der Waals surface area contributed by atoms with E-state index < -0.39 is 0 Å². The number of nitrogens with one attached hydrogen (secondary N) is 1. The first-order chi connectivity index (χ1) is 13.6. The summed E-state index contributed by atoms with van der Waals surface area (Å²) < 4.78 is 13.1. The highest BCUT2D eigenvalue weighted by molar-refractivity contribution is 5.79. The Morgan fingerprint density at radius 1 is 1.07 bits per heavy atom. The summed E-state index contributed by atoms with van der Waals surface area (Å²) in [6.45, 7) is 0.720. The topological polar surface area (TPSA) is 52.6 Å². The molecule has 4 rings (SSSR count). The number of carbonyl (C=O) groups is 1. The maximum absolute atomic E-state index is 13.1. The number of nitrogens with zero attached hydrogens (tertiary/aromatic N) is 1. The van der Waals surface area contributed by atoms with Gasteiger partial charge in [-0.1, -0.05) is 42.8 Å². The van der Waals surface area contributed by atoms with Gasteiger partial charge in [0.25, 0.3) is 0 Å².